The van der Waals surface area contributed by atoms with Gasteiger partial charge in [-0.2, -0.15) is 0 Å². The molecule has 0 aliphatic carbocycles. The molecule has 0 spiro atoms. The monoisotopic (exact) mass is 164 g/mol. The highest BCUT2D eigenvalue weighted by Crippen LogP contribution is 2.00. The molecule has 60 valence electrons. The van der Waals surface area contributed by atoms with Crippen molar-refractivity contribution in [1.82, 2.24) is 0 Å². The second-order valence-electron chi connectivity index (χ2n) is 1.71. The summed E-state index contributed by atoms with van der Waals surface area (Å²) in [5.41, 5.74) is 0. The van der Waals surface area contributed by atoms with Crippen molar-refractivity contribution in [2.24, 2.45) is 5.92 Å². The largest absolute Gasteiger partial charge is 0.307 e. The minimum absolute atomic E-state index is 0.274. The number of rotatable bonds is 2. The van der Waals surface area contributed by atoms with Crippen LogP contribution in [0.3, 0.4) is 0 Å². The lowest BCUT2D eigenvalue weighted by Crippen LogP contribution is -1.83. The lowest BCUT2D eigenvalue weighted by molar-refractivity contribution is -0.0987. The summed E-state index contributed by atoms with van der Waals surface area (Å²) in [6.07, 6.45) is 0.792. The van der Waals surface area contributed by atoms with E-state index in [0.717, 1.165) is 6.16 Å². The summed E-state index contributed by atoms with van der Waals surface area (Å²) in [6.45, 7) is 8.09. The Bertz CT molecular complexity index is 64.0. The Morgan fingerprint density at radius 2 is 1.50 bits per heavy atom. The molecule has 0 heterocycles. The predicted molar refractivity (Wildman–Crippen MR) is 41.6 cm³/mol. The van der Waals surface area contributed by atoms with Crippen LogP contribution >= 0.6 is 8.46 Å². The van der Waals surface area contributed by atoms with Gasteiger partial charge in [0, 0.05) is 6.16 Å². The van der Waals surface area contributed by atoms with Gasteiger partial charge in [0.15, 0.2) is 8.46 Å². The molecule has 0 radical (unpaired) electrons. The number of carbonyl (C=O) groups excluding carboxylic acids is 2. The summed E-state index contributed by atoms with van der Waals surface area (Å²) in [5, 5.41) is 0. The van der Waals surface area contributed by atoms with E-state index in [4.69, 9.17) is 9.59 Å². The van der Waals surface area contributed by atoms with Crippen LogP contribution in [0, 0.1) is 5.92 Å². The Labute approximate surface area is 63.0 Å². The molecule has 0 amide bonds. The van der Waals surface area contributed by atoms with Gasteiger partial charge in [-0.25, -0.2) is 0 Å². The normalized spacial score (nSPS) is 7.10. The first kappa shape index (κ1) is 16.2. The molecule has 0 unspecified atom stereocenters. The standard InChI is InChI=1S/C4H9OP.2CH2O/c1-4(2)3-6-5;2*1-2/h4H,3H2,1-2H3;2*1H2. The van der Waals surface area contributed by atoms with Gasteiger partial charge in [-0.3, -0.25) is 4.57 Å². The summed E-state index contributed by atoms with van der Waals surface area (Å²) in [5.74, 6) is 0.573. The summed E-state index contributed by atoms with van der Waals surface area (Å²) >= 11 is 0. The van der Waals surface area contributed by atoms with Gasteiger partial charge in [0.1, 0.15) is 13.6 Å². The minimum Gasteiger partial charge on any atom is -0.307 e. The highest BCUT2D eigenvalue weighted by Gasteiger charge is 1.87. The average Bonchev–Trinajstić information content (AvgIpc) is 1.96. The zero-order chi connectivity index (χ0) is 8.99. The highest BCUT2D eigenvalue weighted by atomic mass is 31.1. The Balaban J connectivity index is -0.000000105. The second-order valence-corrected chi connectivity index (χ2v) is 2.33. The first-order chi connectivity index (χ1) is 4.77. The third kappa shape index (κ3) is 51.8. The maximum absolute atomic E-state index is 9.71. The van der Waals surface area contributed by atoms with Gasteiger partial charge in [-0.15, -0.1) is 0 Å². The van der Waals surface area contributed by atoms with Crippen molar-refractivity contribution in [2.45, 2.75) is 13.8 Å². The number of hydrogen-bond donors (Lipinski definition) is 0. The third-order valence-electron chi connectivity index (χ3n) is 0.440. The van der Waals surface area contributed by atoms with E-state index in [0.29, 0.717) is 5.92 Å². The summed E-state index contributed by atoms with van der Waals surface area (Å²) in [7, 11) is 0.274. The van der Waals surface area contributed by atoms with Crippen molar-refractivity contribution in [2.75, 3.05) is 6.16 Å². The Morgan fingerprint density at radius 3 is 1.50 bits per heavy atom. The van der Waals surface area contributed by atoms with Crippen LogP contribution in [0.15, 0.2) is 0 Å². The average molecular weight is 164 g/mol. The van der Waals surface area contributed by atoms with E-state index in [9.17, 15) is 4.57 Å². The molecule has 0 aliphatic rings. The van der Waals surface area contributed by atoms with Crippen LogP contribution in [-0.4, -0.2) is 19.7 Å². The van der Waals surface area contributed by atoms with Crippen LogP contribution < -0.4 is 0 Å². The van der Waals surface area contributed by atoms with Crippen LogP contribution in [0.2, 0.25) is 0 Å². The smallest absolute Gasteiger partial charge is 0.155 e. The Kier molecular flexibility index (Phi) is 38.4. The maximum Gasteiger partial charge on any atom is 0.155 e. The lowest BCUT2D eigenvalue weighted by Gasteiger charge is -1.88. The van der Waals surface area contributed by atoms with Crippen molar-refractivity contribution in [3.8, 4) is 0 Å². The van der Waals surface area contributed by atoms with Crippen molar-refractivity contribution in [1.29, 1.82) is 0 Å². The lowest BCUT2D eigenvalue weighted by atomic mass is 10.3. The molecule has 0 aromatic rings. The SMILES string of the molecule is C=O.C=O.CC(C)CP=O. The molecule has 4 heteroatoms. The van der Waals surface area contributed by atoms with E-state index in [1.807, 2.05) is 27.4 Å². The molecule has 0 aromatic carbocycles. The van der Waals surface area contributed by atoms with Crippen molar-refractivity contribution < 1.29 is 14.2 Å². The first-order valence-electron chi connectivity index (χ1n) is 2.64. The Hall–Kier alpha value is -0.560. The fourth-order valence-electron chi connectivity index (χ4n) is 0.149. The molecule has 0 aromatic heterocycles. The number of hydrogen-bond acceptors (Lipinski definition) is 3. The molecule has 0 aliphatic heterocycles. The van der Waals surface area contributed by atoms with Crippen LogP contribution in [0.25, 0.3) is 0 Å². The quantitative estimate of drug-likeness (QED) is 0.582. The van der Waals surface area contributed by atoms with E-state index >= 15 is 0 Å². The second kappa shape index (κ2) is 23.7. The molecule has 0 rings (SSSR count). The zero-order valence-corrected chi connectivity index (χ0v) is 7.27. The van der Waals surface area contributed by atoms with Crippen LogP contribution in [0.4, 0.5) is 0 Å². The van der Waals surface area contributed by atoms with E-state index < -0.39 is 0 Å². The molecule has 0 N–H and O–H groups in total. The van der Waals surface area contributed by atoms with Gasteiger partial charge >= 0.3 is 0 Å². The molecular formula is C6H13O3P. The summed E-state index contributed by atoms with van der Waals surface area (Å²) in [4.78, 5) is 16.0. The van der Waals surface area contributed by atoms with Gasteiger partial charge in [-0.1, -0.05) is 13.8 Å². The fourth-order valence-corrected chi connectivity index (χ4v) is 0.447. The van der Waals surface area contributed by atoms with Gasteiger partial charge in [0.25, 0.3) is 0 Å². The molecule has 3 nitrogen and oxygen atoms in total. The van der Waals surface area contributed by atoms with E-state index in [-0.39, 0.29) is 8.46 Å². The van der Waals surface area contributed by atoms with Crippen LogP contribution in [0.1, 0.15) is 13.8 Å². The zero-order valence-electron chi connectivity index (χ0n) is 6.37. The molecule has 0 fully saturated rings. The third-order valence-corrected chi connectivity index (χ3v) is 1.32. The van der Waals surface area contributed by atoms with Crippen molar-refractivity contribution >= 4 is 22.0 Å². The van der Waals surface area contributed by atoms with Crippen molar-refractivity contribution in [3.05, 3.63) is 0 Å². The first-order valence-corrected chi connectivity index (χ1v) is 3.64. The molecule has 0 saturated carbocycles. The molecule has 0 bridgehead atoms. The summed E-state index contributed by atoms with van der Waals surface area (Å²) < 4.78 is 9.71. The Morgan fingerprint density at radius 1 is 1.20 bits per heavy atom. The van der Waals surface area contributed by atoms with Gasteiger partial charge in [-0.05, 0) is 5.92 Å². The molecule has 0 atom stereocenters. The van der Waals surface area contributed by atoms with E-state index in [2.05, 4.69) is 0 Å². The number of carbonyl (C=O) groups is 2. The summed E-state index contributed by atoms with van der Waals surface area (Å²) in [6, 6.07) is 0. The topological polar surface area (TPSA) is 51.2 Å². The van der Waals surface area contributed by atoms with Gasteiger partial charge in [0.2, 0.25) is 0 Å². The van der Waals surface area contributed by atoms with E-state index in [1.54, 1.807) is 0 Å². The molecule has 0 saturated heterocycles. The fraction of sp³-hybridized carbons (Fsp3) is 0.667. The van der Waals surface area contributed by atoms with E-state index in [1.165, 1.54) is 0 Å². The van der Waals surface area contributed by atoms with Gasteiger partial charge in [0.05, 0.1) is 0 Å². The maximum atomic E-state index is 9.71. The van der Waals surface area contributed by atoms with Crippen LogP contribution in [0.5, 0.6) is 0 Å². The molecular weight excluding hydrogens is 151 g/mol. The highest BCUT2D eigenvalue weighted by molar-refractivity contribution is 7.23. The van der Waals surface area contributed by atoms with Crippen LogP contribution in [-0.2, 0) is 14.2 Å². The van der Waals surface area contributed by atoms with Gasteiger partial charge < -0.3 is 9.59 Å². The van der Waals surface area contributed by atoms with Crippen molar-refractivity contribution in [3.63, 3.8) is 0 Å². The predicted octanol–water partition coefficient (Wildman–Crippen LogP) is 1.56. The minimum atomic E-state index is 0.274. The molecule has 10 heavy (non-hydrogen) atoms.